The van der Waals surface area contributed by atoms with Crippen molar-refractivity contribution in [1.29, 1.82) is 0 Å². The first kappa shape index (κ1) is 20.5. The van der Waals surface area contributed by atoms with Crippen LogP contribution in [-0.2, 0) is 4.79 Å². The number of hydrogen-bond donors (Lipinski definition) is 3. The van der Waals surface area contributed by atoms with Gasteiger partial charge in [0.2, 0.25) is 5.91 Å². The number of amides is 1. The zero-order valence-electron chi connectivity index (χ0n) is 12.2. The van der Waals surface area contributed by atoms with Crippen LogP contribution in [0.1, 0.15) is 33.6 Å². The predicted molar refractivity (Wildman–Crippen MR) is 92.1 cm³/mol. The van der Waals surface area contributed by atoms with Gasteiger partial charge in [-0.05, 0) is 20.3 Å². The molecule has 0 aliphatic rings. The number of rotatable bonds is 8. The Morgan fingerprint density at radius 1 is 1.37 bits per heavy atom. The van der Waals surface area contributed by atoms with Crippen LogP contribution in [0, 0.1) is 0 Å². The molecular formula is C13H27IN4O. The van der Waals surface area contributed by atoms with E-state index in [1.807, 2.05) is 20.8 Å². The van der Waals surface area contributed by atoms with Crippen molar-refractivity contribution in [3.8, 4) is 0 Å². The first-order valence-electron chi connectivity index (χ1n) is 6.56. The first-order chi connectivity index (χ1) is 8.63. The molecule has 1 atom stereocenters. The number of aliphatic imine (C=N–C) groups is 1. The number of nitrogens with zero attached hydrogens (tertiary/aromatic N) is 1. The van der Waals surface area contributed by atoms with Gasteiger partial charge in [-0.25, -0.2) is 0 Å². The third-order valence-corrected chi connectivity index (χ3v) is 2.39. The van der Waals surface area contributed by atoms with E-state index in [2.05, 4.69) is 27.5 Å². The third kappa shape index (κ3) is 12.0. The van der Waals surface area contributed by atoms with Crippen LogP contribution in [0.25, 0.3) is 0 Å². The maximum absolute atomic E-state index is 11.5. The van der Waals surface area contributed by atoms with E-state index in [1.54, 1.807) is 6.08 Å². The van der Waals surface area contributed by atoms with E-state index in [0.29, 0.717) is 25.5 Å². The molecule has 0 spiro atoms. The molecule has 0 aliphatic heterocycles. The van der Waals surface area contributed by atoms with E-state index in [4.69, 9.17) is 0 Å². The molecular weight excluding hydrogens is 355 g/mol. The lowest BCUT2D eigenvalue weighted by molar-refractivity contribution is -0.121. The van der Waals surface area contributed by atoms with Crippen molar-refractivity contribution in [3.05, 3.63) is 12.7 Å². The van der Waals surface area contributed by atoms with E-state index in [1.165, 1.54) is 0 Å². The summed E-state index contributed by atoms with van der Waals surface area (Å²) < 4.78 is 0. The van der Waals surface area contributed by atoms with Crippen molar-refractivity contribution in [3.63, 3.8) is 0 Å². The number of halogens is 1. The molecule has 0 fully saturated rings. The van der Waals surface area contributed by atoms with E-state index in [9.17, 15) is 4.79 Å². The van der Waals surface area contributed by atoms with Gasteiger partial charge in [0.25, 0.3) is 0 Å². The molecule has 5 nitrogen and oxygen atoms in total. The number of carbonyl (C=O) groups excluding carboxylic acids is 1. The standard InChI is InChI=1S/C13H26N4O.HI/c1-5-9-15-13(14-7-3)16-10-8-12(18)17-11(4)6-2;/h5,11H,1,6-10H2,2-4H3,(H,17,18)(H2,14,15,16);1H. The number of nitrogens with one attached hydrogen (secondary N) is 3. The zero-order chi connectivity index (χ0) is 13.8. The van der Waals surface area contributed by atoms with Crippen LogP contribution in [0.4, 0.5) is 0 Å². The molecule has 0 heterocycles. The van der Waals surface area contributed by atoms with Gasteiger partial charge < -0.3 is 16.0 Å². The fourth-order valence-electron chi connectivity index (χ4n) is 1.23. The van der Waals surface area contributed by atoms with Crippen molar-refractivity contribution < 1.29 is 4.79 Å². The highest BCUT2D eigenvalue weighted by molar-refractivity contribution is 14.0. The summed E-state index contributed by atoms with van der Waals surface area (Å²) in [6, 6.07) is 0.230. The van der Waals surface area contributed by atoms with Gasteiger partial charge in [0.1, 0.15) is 0 Å². The van der Waals surface area contributed by atoms with Crippen LogP contribution in [0.5, 0.6) is 0 Å². The minimum Gasteiger partial charge on any atom is -0.357 e. The summed E-state index contributed by atoms with van der Waals surface area (Å²) in [7, 11) is 0. The Morgan fingerprint density at radius 2 is 2.05 bits per heavy atom. The molecule has 0 bridgehead atoms. The molecule has 0 radical (unpaired) electrons. The lowest BCUT2D eigenvalue weighted by Crippen LogP contribution is -2.37. The molecule has 1 amide bonds. The summed E-state index contributed by atoms with van der Waals surface area (Å²) in [5.74, 6) is 0.765. The third-order valence-electron chi connectivity index (χ3n) is 2.39. The minimum absolute atomic E-state index is 0. The molecule has 0 aromatic carbocycles. The van der Waals surface area contributed by atoms with Gasteiger partial charge in [-0.1, -0.05) is 13.0 Å². The van der Waals surface area contributed by atoms with Gasteiger partial charge >= 0.3 is 0 Å². The van der Waals surface area contributed by atoms with Crippen LogP contribution in [0.3, 0.4) is 0 Å². The zero-order valence-corrected chi connectivity index (χ0v) is 14.5. The van der Waals surface area contributed by atoms with Crippen molar-refractivity contribution in [2.75, 3.05) is 19.6 Å². The first-order valence-corrected chi connectivity index (χ1v) is 6.56. The Bertz CT molecular complexity index is 282. The average Bonchev–Trinajstić information content (AvgIpc) is 2.35. The molecule has 0 rings (SSSR count). The molecule has 3 N–H and O–H groups in total. The summed E-state index contributed by atoms with van der Waals surface area (Å²) in [6.45, 7) is 11.6. The van der Waals surface area contributed by atoms with E-state index in [-0.39, 0.29) is 35.9 Å². The molecule has 6 heteroatoms. The minimum atomic E-state index is 0. The van der Waals surface area contributed by atoms with E-state index >= 15 is 0 Å². The quantitative estimate of drug-likeness (QED) is 0.259. The second-order valence-electron chi connectivity index (χ2n) is 4.06. The van der Waals surface area contributed by atoms with Crippen molar-refractivity contribution in [2.45, 2.75) is 39.7 Å². The Balaban J connectivity index is 0. The second kappa shape index (κ2) is 13.6. The number of guanidine groups is 1. The fourth-order valence-corrected chi connectivity index (χ4v) is 1.23. The largest absolute Gasteiger partial charge is 0.357 e. The summed E-state index contributed by atoms with van der Waals surface area (Å²) >= 11 is 0. The molecule has 0 aromatic rings. The van der Waals surface area contributed by atoms with Gasteiger partial charge in [0.15, 0.2) is 5.96 Å². The Labute approximate surface area is 133 Å². The maximum atomic E-state index is 11.5. The Kier molecular flexibility index (Phi) is 14.7. The monoisotopic (exact) mass is 382 g/mol. The Hall–Kier alpha value is -0.790. The summed E-state index contributed by atoms with van der Waals surface area (Å²) in [5.41, 5.74) is 0. The van der Waals surface area contributed by atoms with Gasteiger partial charge in [-0.3, -0.25) is 9.79 Å². The smallest absolute Gasteiger partial charge is 0.222 e. The van der Waals surface area contributed by atoms with Crippen LogP contribution in [0.15, 0.2) is 17.6 Å². The van der Waals surface area contributed by atoms with E-state index in [0.717, 1.165) is 13.0 Å². The van der Waals surface area contributed by atoms with Gasteiger partial charge in [-0.2, -0.15) is 0 Å². The van der Waals surface area contributed by atoms with E-state index < -0.39 is 0 Å². The molecule has 0 saturated carbocycles. The fraction of sp³-hybridized carbons (Fsp3) is 0.692. The van der Waals surface area contributed by atoms with Crippen molar-refractivity contribution >= 4 is 35.8 Å². The van der Waals surface area contributed by atoms with Crippen LogP contribution >= 0.6 is 24.0 Å². The Morgan fingerprint density at radius 3 is 2.58 bits per heavy atom. The summed E-state index contributed by atoms with van der Waals surface area (Å²) in [4.78, 5) is 15.8. The lowest BCUT2D eigenvalue weighted by Gasteiger charge is -2.11. The van der Waals surface area contributed by atoms with Gasteiger partial charge in [0, 0.05) is 25.6 Å². The van der Waals surface area contributed by atoms with Crippen molar-refractivity contribution in [1.82, 2.24) is 16.0 Å². The molecule has 0 aliphatic carbocycles. The second-order valence-corrected chi connectivity index (χ2v) is 4.06. The molecule has 0 aromatic heterocycles. The molecule has 112 valence electrons. The highest BCUT2D eigenvalue weighted by Gasteiger charge is 2.04. The van der Waals surface area contributed by atoms with Crippen molar-refractivity contribution in [2.24, 2.45) is 4.99 Å². The number of hydrogen-bond acceptors (Lipinski definition) is 2. The SMILES string of the molecule is C=CCNC(=NCCC(=O)NC(C)CC)NCC.I. The van der Waals surface area contributed by atoms with Gasteiger partial charge in [0.05, 0.1) is 6.54 Å². The molecule has 19 heavy (non-hydrogen) atoms. The van der Waals surface area contributed by atoms with Crippen LogP contribution in [-0.4, -0.2) is 37.5 Å². The average molecular weight is 382 g/mol. The summed E-state index contributed by atoms with van der Waals surface area (Å²) in [5, 5.41) is 9.10. The lowest BCUT2D eigenvalue weighted by atomic mass is 10.2. The van der Waals surface area contributed by atoms with Crippen LogP contribution in [0.2, 0.25) is 0 Å². The predicted octanol–water partition coefficient (Wildman–Crippen LogP) is 1.65. The number of carbonyl (C=O) groups is 1. The maximum Gasteiger partial charge on any atom is 0.222 e. The topological polar surface area (TPSA) is 65.5 Å². The highest BCUT2D eigenvalue weighted by atomic mass is 127. The molecule has 0 saturated heterocycles. The van der Waals surface area contributed by atoms with Gasteiger partial charge in [-0.15, -0.1) is 30.6 Å². The normalized spacial score (nSPS) is 12.1. The molecule has 1 unspecified atom stereocenters. The highest BCUT2D eigenvalue weighted by Crippen LogP contribution is 1.90. The van der Waals surface area contributed by atoms with Crippen LogP contribution < -0.4 is 16.0 Å². The summed E-state index contributed by atoms with van der Waals surface area (Å²) in [6.07, 6.45) is 3.12.